The number of rotatable bonds is 4. The van der Waals surface area contributed by atoms with Gasteiger partial charge in [0, 0.05) is 24.0 Å². The van der Waals surface area contributed by atoms with Gasteiger partial charge in [-0.15, -0.1) is 0 Å². The molecule has 1 heterocycles. The molecule has 2 atom stereocenters. The number of amides is 1. The summed E-state index contributed by atoms with van der Waals surface area (Å²) < 4.78 is 5.45. The number of nitrogen functional groups attached to an aromatic ring is 1. The van der Waals surface area contributed by atoms with E-state index in [0.717, 1.165) is 5.69 Å². The molecule has 1 amide bonds. The summed E-state index contributed by atoms with van der Waals surface area (Å²) in [6.45, 7) is 3.35. The summed E-state index contributed by atoms with van der Waals surface area (Å²) in [5, 5.41) is 12.0. The van der Waals surface area contributed by atoms with Crippen molar-refractivity contribution < 1.29 is 14.6 Å². The maximum atomic E-state index is 12.0. The van der Waals surface area contributed by atoms with Gasteiger partial charge in [0.2, 0.25) is 5.91 Å². The average Bonchev–Trinajstić information content (AvgIpc) is 2.44. The van der Waals surface area contributed by atoms with Gasteiger partial charge in [0.25, 0.3) is 0 Å². The predicted molar refractivity (Wildman–Crippen MR) is 77.3 cm³/mol. The van der Waals surface area contributed by atoms with Gasteiger partial charge in [-0.25, -0.2) is 0 Å². The lowest BCUT2D eigenvalue weighted by atomic mass is 10.2. The largest absolute Gasteiger partial charge is 0.399 e. The molecule has 0 spiro atoms. The Labute approximate surface area is 118 Å². The van der Waals surface area contributed by atoms with Crippen molar-refractivity contribution in [1.82, 2.24) is 4.90 Å². The zero-order valence-electron chi connectivity index (χ0n) is 11.6. The number of nitrogens with two attached hydrogens (primary N) is 1. The molecule has 0 aliphatic carbocycles. The fourth-order valence-electron chi connectivity index (χ4n) is 2.16. The number of hydrogen-bond donors (Lipinski definition) is 3. The Morgan fingerprint density at radius 3 is 2.85 bits per heavy atom. The fraction of sp³-hybridized carbons (Fsp3) is 0.500. The van der Waals surface area contributed by atoms with E-state index >= 15 is 0 Å². The number of nitrogens with one attached hydrogen (secondary N) is 1. The maximum Gasteiger partial charge on any atom is 0.238 e. The highest BCUT2D eigenvalue weighted by Gasteiger charge is 2.26. The van der Waals surface area contributed by atoms with Crippen LogP contribution in [0.1, 0.15) is 6.92 Å². The SMILES string of the molecule is CC1COC(CO)CN1CC(=O)Nc1ccc(N)cc1. The minimum absolute atomic E-state index is 0.0250. The minimum Gasteiger partial charge on any atom is -0.399 e. The Morgan fingerprint density at radius 2 is 2.20 bits per heavy atom. The van der Waals surface area contributed by atoms with Crippen molar-refractivity contribution in [3.8, 4) is 0 Å². The summed E-state index contributed by atoms with van der Waals surface area (Å²) in [4.78, 5) is 14.0. The van der Waals surface area contributed by atoms with Gasteiger partial charge in [0.1, 0.15) is 0 Å². The molecule has 6 heteroatoms. The highest BCUT2D eigenvalue weighted by Crippen LogP contribution is 2.13. The van der Waals surface area contributed by atoms with E-state index in [2.05, 4.69) is 5.32 Å². The first-order chi connectivity index (χ1) is 9.58. The number of hydrogen-bond acceptors (Lipinski definition) is 5. The van der Waals surface area contributed by atoms with E-state index in [1.54, 1.807) is 24.3 Å². The molecule has 1 aliphatic heterocycles. The van der Waals surface area contributed by atoms with Gasteiger partial charge in [-0.3, -0.25) is 9.69 Å². The van der Waals surface area contributed by atoms with Crippen LogP contribution in [0.5, 0.6) is 0 Å². The third kappa shape index (κ3) is 3.93. The Balaban J connectivity index is 1.88. The monoisotopic (exact) mass is 279 g/mol. The zero-order chi connectivity index (χ0) is 14.5. The van der Waals surface area contributed by atoms with Crippen LogP contribution in [0.25, 0.3) is 0 Å². The number of morpholine rings is 1. The minimum atomic E-state index is -0.212. The number of anilines is 2. The van der Waals surface area contributed by atoms with Crippen molar-refractivity contribution in [2.24, 2.45) is 0 Å². The Hall–Kier alpha value is -1.63. The summed E-state index contributed by atoms with van der Waals surface area (Å²) in [6, 6.07) is 7.19. The second kappa shape index (κ2) is 6.69. The number of aliphatic hydroxyl groups is 1. The molecule has 2 rings (SSSR count). The number of carbonyl (C=O) groups is 1. The predicted octanol–water partition coefficient (Wildman–Crippen LogP) is 0.289. The Morgan fingerprint density at radius 1 is 1.50 bits per heavy atom. The van der Waals surface area contributed by atoms with Crippen molar-refractivity contribution in [2.45, 2.75) is 19.1 Å². The van der Waals surface area contributed by atoms with E-state index in [-0.39, 0.29) is 31.2 Å². The van der Waals surface area contributed by atoms with E-state index in [0.29, 0.717) is 18.8 Å². The van der Waals surface area contributed by atoms with Gasteiger partial charge >= 0.3 is 0 Å². The van der Waals surface area contributed by atoms with Gasteiger partial charge in [0.15, 0.2) is 0 Å². The van der Waals surface area contributed by atoms with Crippen molar-refractivity contribution in [3.05, 3.63) is 24.3 Å². The highest BCUT2D eigenvalue weighted by molar-refractivity contribution is 5.92. The third-order valence-electron chi connectivity index (χ3n) is 3.38. The van der Waals surface area contributed by atoms with Gasteiger partial charge in [-0.05, 0) is 31.2 Å². The van der Waals surface area contributed by atoms with Crippen LogP contribution in [0.3, 0.4) is 0 Å². The first-order valence-corrected chi connectivity index (χ1v) is 6.70. The molecule has 6 nitrogen and oxygen atoms in total. The number of nitrogens with zero attached hydrogens (tertiary/aromatic N) is 1. The second-order valence-corrected chi connectivity index (χ2v) is 5.09. The summed E-state index contributed by atoms with van der Waals surface area (Å²) in [5.74, 6) is -0.0831. The second-order valence-electron chi connectivity index (χ2n) is 5.09. The summed E-state index contributed by atoms with van der Waals surface area (Å²) in [5.41, 5.74) is 6.99. The van der Waals surface area contributed by atoms with Crippen LogP contribution in [0.2, 0.25) is 0 Å². The first kappa shape index (κ1) is 14.8. The van der Waals surface area contributed by atoms with Crippen molar-refractivity contribution in [1.29, 1.82) is 0 Å². The number of aliphatic hydroxyl groups excluding tert-OH is 1. The topological polar surface area (TPSA) is 87.8 Å². The van der Waals surface area contributed by atoms with Crippen LogP contribution >= 0.6 is 0 Å². The van der Waals surface area contributed by atoms with Crippen LogP contribution in [0.15, 0.2) is 24.3 Å². The molecule has 0 bridgehead atoms. The number of carbonyl (C=O) groups excluding carboxylic acids is 1. The molecule has 1 aromatic rings. The molecule has 2 unspecified atom stereocenters. The van der Waals surface area contributed by atoms with E-state index in [1.807, 2.05) is 11.8 Å². The lowest BCUT2D eigenvalue weighted by molar-refractivity contribution is -0.122. The standard InChI is InChI=1S/C14H21N3O3/c1-10-9-20-13(8-18)6-17(10)7-14(19)16-12-4-2-11(15)3-5-12/h2-5,10,13,18H,6-9,15H2,1H3,(H,16,19). The van der Waals surface area contributed by atoms with Crippen molar-refractivity contribution in [3.63, 3.8) is 0 Å². The molecule has 0 aromatic heterocycles. The lowest BCUT2D eigenvalue weighted by Crippen LogP contribution is -2.51. The zero-order valence-corrected chi connectivity index (χ0v) is 11.6. The lowest BCUT2D eigenvalue weighted by Gasteiger charge is -2.36. The smallest absolute Gasteiger partial charge is 0.238 e. The highest BCUT2D eigenvalue weighted by atomic mass is 16.5. The number of benzene rings is 1. The van der Waals surface area contributed by atoms with Crippen LogP contribution < -0.4 is 11.1 Å². The molecule has 20 heavy (non-hydrogen) atoms. The molecule has 1 aliphatic rings. The fourth-order valence-corrected chi connectivity index (χ4v) is 2.16. The molecule has 4 N–H and O–H groups in total. The molecule has 0 saturated carbocycles. The van der Waals surface area contributed by atoms with Gasteiger partial charge < -0.3 is 20.9 Å². The quantitative estimate of drug-likeness (QED) is 0.689. The number of ether oxygens (including phenoxy) is 1. The van der Waals surface area contributed by atoms with Crippen molar-refractivity contribution in [2.75, 3.05) is 37.4 Å². The van der Waals surface area contributed by atoms with E-state index in [9.17, 15) is 4.79 Å². The van der Waals surface area contributed by atoms with E-state index < -0.39 is 0 Å². The Kier molecular flexibility index (Phi) is 4.94. The summed E-state index contributed by atoms with van der Waals surface area (Å²) in [6.07, 6.45) is -0.212. The van der Waals surface area contributed by atoms with Crippen LogP contribution in [0, 0.1) is 0 Å². The average molecular weight is 279 g/mol. The molecule has 1 fully saturated rings. The van der Waals surface area contributed by atoms with Gasteiger partial charge in [-0.2, -0.15) is 0 Å². The first-order valence-electron chi connectivity index (χ1n) is 6.70. The van der Waals surface area contributed by atoms with Gasteiger partial charge in [-0.1, -0.05) is 0 Å². The molecular weight excluding hydrogens is 258 g/mol. The molecule has 1 aromatic carbocycles. The van der Waals surface area contributed by atoms with Crippen molar-refractivity contribution >= 4 is 17.3 Å². The van der Waals surface area contributed by atoms with Crippen LogP contribution in [0.4, 0.5) is 11.4 Å². The van der Waals surface area contributed by atoms with E-state index in [4.69, 9.17) is 15.6 Å². The van der Waals surface area contributed by atoms with Gasteiger partial charge in [0.05, 0.1) is 25.9 Å². The Bertz CT molecular complexity index is 449. The maximum absolute atomic E-state index is 12.0. The molecule has 1 saturated heterocycles. The summed E-state index contributed by atoms with van der Waals surface area (Å²) >= 11 is 0. The van der Waals surface area contributed by atoms with Crippen LogP contribution in [-0.4, -0.2) is 54.4 Å². The molecular formula is C14H21N3O3. The normalized spacial score (nSPS) is 23.5. The molecule has 0 radical (unpaired) electrons. The van der Waals surface area contributed by atoms with Crippen LogP contribution in [-0.2, 0) is 9.53 Å². The third-order valence-corrected chi connectivity index (χ3v) is 3.38. The summed E-state index contributed by atoms with van der Waals surface area (Å²) in [7, 11) is 0. The van der Waals surface area contributed by atoms with E-state index in [1.165, 1.54) is 0 Å². The molecule has 110 valence electrons.